The predicted octanol–water partition coefficient (Wildman–Crippen LogP) is 5.89. The summed E-state index contributed by atoms with van der Waals surface area (Å²) in [7, 11) is 0. The molecule has 2 aromatic heterocycles. The van der Waals surface area contributed by atoms with Crippen LogP contribution < -0.4 is 10.2 Å². The molecule has 0 radical (unpaired) electrons. The first-order chi connectivity index (χ1) is 17.2. The smallest absolute Gasteiger partial charge is 0.407 e. The second-order valence-corrected chi connectivity index (χ2v) is 10.5. The van der Waals surface area contributed by atoms with E-state index in [1.54, 1.807) is 11.0 Å². The molecular formula is C26H26Cl2N6O2. The standard InChI is InChI=1S/C26H26Cl2N6O2/c1-26(2,3)36-25(35)31-18-12-13-33(14-18)24-22-21(29-15-30-24)23(16-8-10-17(27)11-9-16)34(32-22)20-7-5-4-6-19(20)28/h4-11,15,18H,12-14H2,1-3H3,(H,31,35). The van der Waals surface area contributed by atoms with E-state index in [9.17, 15) is 4.79 Å². The number of rotatable bonds is 4. The molecule has 5 rings (SSSR count). The Morgan fingerprint density at radius 3 is 2.53 bits per heavy atom. The zero-order chi connectivity index (χ0) is 25.4. The molecule has 1 aliphatic rings. The maximum atomic E-state index is 12.3. The van der Waals surface area contributed by atoms with E-state index < -0.39 is 11.7 Å². The number of nitrogens with one attached hydrogen (secondary N) is 1. The van der Waals surface area contributed by atoms with E-state index in [-0.39, 0.29) is 6.04 Å². The van der Waals surface area contributed by atoms with Crippen molar-refractivity contribution in [2.24, 2.45) is 0 Å². The van der Waals surface area contributed by atoms with Crippen LogP contribution in [0.2, 0.25) is 10.0 Å². The molecule has 2 aromatic carbocycles. The van der Waals surface area contributed by atoms with Gasteiger partial charge in [0, 0.05) is 23.7 Å². The molecule has 1 saturated heterocycles. The highest BCUT2D eigenvalue weighted by atomic mass is 35.5. The topological polar surface area (TPSA) is 85.2 Å². The van der Waals surface area contributed by atoms with Gasteiger partial charge in [0.05, 0.1) is 16.8 Å². The van der Waals surface area contributed by atoms with Crippen LogP contribution in [0.1, 0.15) is 27.2 Å². The van der Waals surface area contributed by atoms with Crippen molar-refractivity contribution in [1.82, 2.24) is 25.1 Å². The molecule has 8 nitrogen and oxygen atoms in total. The molecule has 0 spiro atoms. The molecule has 186 valence electrons. The number of nitrogens with zero attached hydrogens (tertiary/aromatic N) is 5. The van der Waals surface area contributed by atoms with E-state index in [0.29, 0.717) is 40.0 Å². The zero-order valence-electron chi connectivity index (χ0n) is 20.2. The summed E-state index contributed by atoms with van der Waals surface area (Å²) in [5.41, 5.74) is 3.23. The van der Waals surface area contributed by atoms with Crippen LogP contribution in [0.4, 0.5) is 10.6 Å². The first kappa shape index (κ1) is 24.3. The van der Waals surface area contributed by atoms with E-state index in [4.69, 9.17) is 33.0 Å². The minimum absolute atomic E-state index is 0.0637. The number of ether oxygens (including phenoxy) is 1. The van der Waals surface area contributed by atoms with Gasteiger partial charge >= 0.3 is 6.09 Å². The number of carbonyl (C=O) groups is 1. The van der Waals surface area contributed by atoms with Crippen molar-refractivity contribution in [3.63, 3.8) is 0 Å². The molecule has 1 aliphatic heterocycles. The third-order valence-corrected chi connectivity index (χ3v) is 6.42. The lowest BCUT2D eigenvalue weighted by Gasteiger charge is -2.22. The Labute approximate surface area is 219 Å². The van der Waals surface area contributed by atoms with Crippen molar-refractivity contribution in [3.05, 3.63) is 64.9 Å². The van der Waals surface area contributed by atoms with E-state index >= 15 is 0 Å². The van der Waals surface area contributed by atoms with Crippen LogP contribution in [0, 0.1) is 0 Å². The number of hydrogen-bond acceptors (Lipinski definition) is 6. The van der Waals surface area contributed by atoms with Gasteiger partial charge in [0.2, 0.25) is 0 Å². The lowest BCUT2D eigenvalue weighted by molar-refractivity contribution is 0.0509. The van der Waals surface area contributed by atoms with Crippen LogP contribution in [0.15, 0.2) is 54.9 Å². The number of aromatic nitrogens is 4. The number of halogens is 2. The summed E-state index contributed by atoms with van der Waals surface area (Å²) >= 11 is 12.7. The Bertz CT molecular complexity index is 1410. The summed E-state index contributed by atoms with van der Waals surface area (Å²) in [6.45, 7) is 6.83. The van der Waals surface area contributed by atoms with Gasteiger partial charge < -0.3 is 15.0 Å². The number of hydrogen-bond donors (Lipinski definition) is 1. The molecule has 0 bridgehead atoms. The van der Waals surface area contributed by atoms with Crippen molar-refractivity contribution in [2.75, 3.05) is 18.0 Å². The Kier molecular flexibility index (Phi) is 6.49. The number of para-hydroxylation sites is 1. The number of alkyl carbamates (subject to hydrolysis) is 1. The minimum Gasteiger partial charge on any atom is -0.444 e. The molecule has 3 heterocycles. The quantitative estimate of drug-likeness (QED) is 0.358. The van der Waals surface area contributed by atoms with Gasteiger partial charge in [-0.2, -0.15) is 5.10 Å². The van der Waals surface area contributed by atoms with Crippen LogP contribution in [0.3, 0.4) is 0 Å². The van der Waals surface area contributed by atoms with Gasteiger partial charge in [-0.05, 0) is 51.5 Å². The number of carbonyl (C=O) groups excluding carboxylic acids is 1. The van der Waals surface area contributed by atoms with Gasteiger partial charge in [-0.25, -0.2) is 19.4 Å². The van der Waals surface area contributed by atoms with Gasteiger partial charge in [-0.1, -0.05) is 47.5 Å². The largest absolute Gasteiger partial charge is 0.444 e. The molecule has 0 saturated carbocycles. The summed E-state index contributed by atoms with van der Waals surface area (Å²) < 4.78 is 7.22. The van der Waals surface area contributed by atoms with E-state index in [0.717, 1.165) is 23.4 Å². The third kappa shape index (κ3) is 4.96. The SMILES string of the molecule is CC(C)(C)OC(=O)NC1CCN(c2ncnc3c(-c4ccc(Cl)cc4)n(-c4ccccc4Cl)nc23)C1. The van der Waals surface area contributed by atoms with Crippen molar-refractivity contribution >= 4 is 46.1 Å². The number of fused-ring (bicyclic) bond motifs is 1. The molecule has 0 aliphatic carbocycles. The number of amides is 1. The van der Waals surface area contributed by atoms with Crippen molar-refractivity contribution in [1.29, 1.82) is 0 Å². The zero-order valence-corrected chi connectivity index (χ0v) is 21.7. The average Bonchev–Trinajstić information content (AvgIpc) is 3.43. The van der Waals surface area contributed by atoms with Crippen LogP contribution in [0.25, 0.3) is 28.0 Å². The van der Waals surface area contributed by atoms with E-state index in [1.165, 1.54) is 0 Å². The predicted molar refractivity (Wildman–Crippen MR) is 142 cm³/mol. The monoisotopic (exact) mass is 524 g/mol. The molecule has 1 fully saturated rings. The van der Waals surface area contributed by atoms with Crippen LogP contribution in [0.5, 0.6) is 0 Å². The van der Waals surface area contributed by atoms with Crippen LogP contribution in [-0.2, 0) is 4.74 Å². The highest BCUT2D eigenvalue weighted by molar-refractivity contribution is 6.32. The molecule has 4 aromatic rings. The second kappa shape index (κ2) is 9.59. The average molecular weight is 525 g/mol. The van der Waals surface area contributed by atoms with Crippen LogP contribution >= 0.6 is 23.2 Å². The Hall–Kier alpha value is -3.36. The Morgan fingerprint density at radius 2 is 1.81 bits per heavy atom. The molecule has 1 unspecified atom stereocenters. The van der Waals surface area contributed by atoms with Gasteiger partial charge in [-0.3, -0.25) is 0 Å². The summed E-state index contributed by atoms with van der Waals surface area (Å²) in [6.07, 6.45) is 1.89. The molecule has 1 atom stereocenters. The van der Waals surface area contributed by atoms with E-state index in [1.807, 2.05) is 69.3 Å². The number of benzene rings is 2. The Morgan fingerprint density at radius 1 is 1.06 bits per heavy atom. The van der Waals surface area contributed by atoms with Gasteiger partial charge in [0.25, 0.3) is 0 Å². The van der Waals surface area contributed by atoms with Gasteiger partial charge in [0.1, 0.15) is 23.1 Å². The molecule has 1 N–H and O–H groups in total. The van der Waals surface area contributed by atoms with Crippen LogP contribution in [-0.4, -0.2) is 50.6 Å². The van der Waals surface area contributed by atoms with E-state index in [2.05, 4.69) is 20.2 Å². The molecule has 36 heavy (non-hydrogen) atoms. The first-order valence-corrected chi connectivity index (χ1v) is 12.4. The fourth-order valence-electron chi connectivity index (χ4n) is 4.33. The first-order valence-electron chi connectivity index (χ1n) is 11.7. The molecule has 1 amide bonds. The molecule has 10 heteroatoms. The minimum atomic E-state index is -0.551. The summed E-state index contributed by atoms with van der Waals surface area (Å²) in [5, 5.41) is 9.11. The summed E-state index contributed by atoms with van der Waals surface area (Å²) in [5.74, 6) is 0.703. The van der Waals surface area contributed by atoms with Crippen molar-refractivity contribution in [3.8, 4) is 16.9 Å². The van der Waals surface area contributed by atoms with Gasteiger partial charge in [-0.15, -0.1) is 0 Å². The maximum Gasteiger partial charge on any atom is 0.407 e. The van der Waals surface area contributed by atoms with Crippen molar-refractivity contribution in [2.45, 2.75) is 38.8 Å². The fourth-order valence-corrected chi connectivity index (χ4v) is 4.67. The lowest BCUT2D eigenvalue weighted by atomic mass is 10.1. The summed E-state index contributed by atoms with van der Waals surface area (Å²) in [6, 6.07) is 15.0. The fraction of sp³-hybridized carbons (Fsp3) is 0.308. The Balaban J connectivity index is 1.54. The maximum absolute atomic E-state index is 12.3. The lowest BCUT2D eigenvalue weighted by Crippen LogP contribution is -2.40. The highest BCUT2D eigenvalue weighted by Crippen LogP contribution is 2.36. The third-order valence-electron chi connectivity index (χ3n) is 5.85. The normalized spacial score (nSPS) is 15.9. The molecular weight excluding hydrogens is 499 g/mol. The van der Waals surface area contributed by atoms with Crippen molar-refractivity contribution < 1.29 is 9.53 Å². The van der Waals surface area contributed by atoms with Gasteiger partial charge in [0.15, 0.2) is 11.3 Å². The highest BCUT2D eigenvalue weighted by Gasteiger charge is 2.30. The number of anilines is 1. The second-order valence-electron chi connectivity index (χ2n) is 9.69. The summed E-state index contributed by atoms with van der Waals surface area (Å²) in [4.78, 5) is 23.6.